The maximum atomic E-state index is 7.04. The molecule has 0 amide bonds. The average Bonchev–Trinajstić information content (AvgIpc) is 1.12. The molecule has 0 saturated heterocycles. The minimum atomic E-state index is -0.137. The van der Waals surface area contributed by atoms with E-state index in [0.29, 0.717) is 34.1 Å². The van der Waals surface area contributed by atoms with Gasteiger partial charge in [-0.1, -0.05) is 180 Å². The summed E-state index contributed by atoms with van der Waals surface area (Å²) in [6.07, 6.45) is 33.5. The normalized spacial score (nSPS) is 17.4. The van der Waals surface area contributed by atoms with E-state index in [1.807, 2.05) is 24.3 Å². The lowest BCUT2D eigenvalue weighted by molar-refractivity contribution is 0.0979. The van der Waals surface area contributed by atoms with Crippen molar-refractivity contribution >= 4 is 0 Å². The molecule has 4 unspecified atom stereocenters. The lowest BCUT2D eigenvalue weighted by Gasteiger charge is -2.36. The molecule has 10 heteroatoms. The predicted octanol–water partition coefficient (Wildman–Crippen LogP) is 18.5. The maximum Gasteiger partial charge on any atom is 0.230 e. The highest BCUT2D eigenvalue weighted by molar-refractivity contribution is 5.71. The lowest BCUT2D eigenvalue weighted by Crippen LogP contribution is -2.23. The van der Waals surface area contributed by atoms with E-state index in [-0.39, 0.29) is 50.8 Å². The predicted molar refractivity (Wildman–Crippen MR) is 332 cm³/mol. The highest BCUT2D eigenvalue weighted by Crippen LogP contribution is 2.57. The summed E-state index contributed by atoms with van der Waals surface area (Å²) in [6, 6.07) is 21.9. The second-order valence-electron chi connectivity index (χ2n) is 23.7. The summed E-state index contributed by atoms with van der Waals surface area (Å²) < 4.78 is 55.8. The number of aromatic nitrogens is 2. The molecule has 0 saturated carbocycles. The van der Waals surface area contributed by atoms with Crippen molar-refractivity contribution in [2.24, 2.45) is 0 Å². The van der Waals surface area contributed by atoms with Crippen LogP contribution in [0.2, 0.25) is 0 Å². The van der Waals surface area contributed by atoms with Gasteiger partial charge in [0.2, 0.25) is 27.2 Å². The fourth-order valence-corrected chi connectivity index (χ4v) is 13.5. The van der Waals surface area contributed by atoms with Gasteiger partial charge >= 0.3 is 0 Å². The van der Waals surface area contributed by atoms with Gasteiger partial charge in [0.1, 0.15) is 57.1 Å². The second-order valence-corrected chi connectivity index (χ2v) is 23.7. The number of rotatable bonds is 24. The molecule has 11 rings (SSSR count). The fourth-order valence-electron chi connectivity index (χ4n) is 13.5. The zero-order valence-corrected chi connectivity index (χ0v) is 50.4. The van der Waals surface area contributed by atoms with Crippen LogP contribution in [0.4, 0.5) is 0 Å². The van der Waals surface area contributed by atoms with E-state index in [1.165, 1.54) is 77.0 Å². The van der Waals surface area contributed by atoms with Crippen molar-refractivity contribution in [3.8, 4) is 69.7 Å². The van der Waals surface area contributed by atoms with Crippen molar-refractivity contribution in [3.05, 3.63) is 152 Å². The van der Waals surface area contributed by atoms with Crippen molar-refractivity contribution in [1.82, 2.24) is 9.97 Å². The van der Waals surface area contributed by atoms with E-state index in [2.05, 4.69) is 97.7 Å². The van der Waals surface area contributed by atoms with Crippen molar-refractivity contribution in [1.29, 1.82) is 0 Å². The van der Waals surface area contributed by atoms with E-state index in [4.69, 9.17) is 37.9 Å². The molecule has 4 atom stereocenters. The minimum absolute atomic E-state index is 0.0390. The van der Waals surface area contributed by atoms with Gasteiger partial charge < -0.3 is 37.9 Å². The number of benzene rings is 4. The van der Waals surface area contributed by atoms with Crippen LogP contribution in [0, 0.1) is 23.7 Å². The Labute approximate surface area is 500 Å². The molecule has 10 nitrogen and oxygen atoms in total. The molecule has 1 aliphatic carbocycles. The third-order valence-electron chi connectivity index (χ3n) is 17.9. The smallest absolute Gasteiger partial charge is 0.230 e. The summed E-state index contributed by atoms with van der Waals surface area (Å²) in [7, 11) is 0. The van der Waals surface area contributed by atoms with Gasteiger partial charge in [-0.2, -0.15) is 0 Å². The zero-order chi connectivity index (χ0) is 57.5. The fraction of sp³-hybridized carbons (Fsp3) is 0.486. The maximum absolute atomic E-state index is 7.04. The van der Waals surface area contributed by atoms with Gasteiger partial charge in [0, 0.05) is 116 Å². The van der Waals surface area contributed by atoms with Gasteiger partial charge in [-0.05, 0) is 74.2 Å². The lowest BCUT2D eigenvalue weighted by atomic mass is 9.75. The molecule has 0 radical (unpaired) electrons. The summed E-state index contributed by atoms with van der Waals surface area (Å²) >= 11 is 0. The van der Waals surface area contributed by atoms with Gasteiger partial charge in [-0.3, -0.25) is 9.97 Å². The monoisotopic (exact) mass is 1130 g/mol. The molecule has 5 aliphatic rings. The van der Waals surface area contributed by atoms with Crippen molar-refractivity contribution in [2.45, 2.75) is 205 Å². The third kappa shape index (κ3) is 13.3. The molecule has 0 N–H and O–H groups in total. The number of nitrogens with zero attached hydrogens (tertiary/aromatic N) is 2. The SMILES string of the molecule is CCCCCCCC1c2cc3c4cc2OCOc2c1cc1c(c2C#Cc2ccncc2)OCOc2cc5c(cc2C1CCCCCCC)C(CCCCCCC)c1cc(c(c(C#Cc2ccncc2)c1OCO5)OCO4)C3CCCCCCC. The summed E-state index contributed by atoms with van der Waals surface area (Å²) in [6.45, 7) is 8.98. The van der Waals surface area contributed by atoms with Crippen LogP contribution < -0.4 is 37.9 Å². The number of hydrogen-bond donors (Lipinski definition) is 0. The largest absolute Gasteiger partial charge is 0.457 e. The zero-order valence-electron chi connectivity index (χ0n) is 50.4. The van der Waals surface area contributed by atoms with E-state index in [9.17, 15) is 0 Å². The van der Waals surface area contributed by atoms with Crippen molar-refractivity contribution in [2.75, 3.05) is 27.2 Å². The molecule has 440 valence electrons. The van der Waals surface area contributed by atoms with Crippen molar-refractivity contribution in [3.63, 3.8) is 0 Å². The molecule has 2 aromatic heterocycles. The Bertz CT molecular complexity index is 2950. The Morgan fingerprint density at radius 3 is 0.845 bits per heavy atom. The third-order valence-corrected chi connectivity index (χ3v) is 17.9. The Morgan fingerprint density at radius 2 is 0.571 bits per heavy atom. The van der Waals surface area contributed by atoms with Gasteiger partial charge in [0.05, 0.1) is 0 Å². The van der Waals surface area contributed by atoms with Crippen LogP contribution >= 0.6 is 0 Å². The van der Waals surface area contributed by atoms with E-state index in [0.717, 1.165) is 156 Å². The Kier molecular flexibility index (Phi) is 20.2. The average molecular weight is 1130 g/mol. The molecule has 0 fully saturated rings. The van der Waals surface area contributed by atoms with Crippen LogP contribution in [0.15, 0.2) is 85.5 Å². The van der Waals surface area contributed by atoms with E-state index in [1.54, 1.807) is 24.8 Å². The van der Waals surface area contributed by atoms with Crippen LogP contribution in [0.3, 0.4) is 0 Å². The first kappa shape index (κ1) is 58.5. The van der Waals surface area contributed by atoms with Crippen LogP contribution in [-0.2, 0) is 0 Å². The molecule has 84 heavy (non-hydrogen) atoms. The van der Waals surface area contributed by atoms with Crippen LogP contribution in [0.25, 0.3) is 0 Å². The van der Waals surface area contributed by atoms with Gasteiger partial charge in [-0.25, -0.2) is 0 Å². The second kappa shape index (κ2) is 29.0. The van der Waals surface area contributed by atoms with Crippen molar-refractivity contribution < 1.29 is 37.9 Å². The summed E-state index contributed by atoms with van der Waals surface area (Å²) in [4.78, 5) is 8.66. The van der Waals surface area contributed by atoms with Crippen LogP contribution in [-0.4, -0.2) is 37.1 Å². The topological polar surface area (TPSA) is 99.6 Å². The molecule has 8 bridgehead atoms. The number of unbranched alkanes of at least 4 members (excludes halogenated alkanes) is 16. The Morgan fingerprint density at radius 1 is 0.310 bits per heavy atom. The first-order valence-corrected chi connectivity index (χ1v) is 32.2. The Hall–Kier alpha value is -7.30. The van der Waals surface area contributed by atoms with Gasteiger partial charge in [-0.15, -0.1) is 0 Å². The molecular formula is C74H86N2O8. The standard InChI is InChI=1S/C74H86N2O8/c1-5-9-13-17-21-25-53-59-41-60-54(26-22-18-14-10-6-2)65-44-66-56(28-24-20-16-12-8-4)62-42-61-55(27-23-19-15-11-7-3)64-43-63(53)71-57(31-29-51-33-37-75-38-34-51)72(64)82-49-79-69(61)46-70(62)80-50-84-74(66)58(32-30-52-35-39-76-40-36-52)73(65)83-48-78-68(60)45-67(59)77-47-81-71/h33-46,53-56H,5-28,47-50H2,1-4H3. The number of hydrogen-bond acceptors (Lipinski definition) is 10. The summed E-state index contributed by atoms with van der Waals surface area (Å²) in [5, 5.41) is 0. The minimum Gasteiger partial charge on any atom is -0.457 e. The first-order valence-electron chi connectivity index (χ1n) is 32.2. The summed E-state index contributed by atoms with van der Waals surface area (Å²) in [5.41, 5.74) is 12.1. The van der Waals surface area contributed by atoms with E-state index >= 15 is 0 Å². The summed E-state index contributed by atoms with van der Waals surface area (Å²) in [5.74, 6) is 19.8. The van der Waals surface area contributed by atoms with Crippen LogP contribution in [0.5, 0.6) is 46.0 Å². The van der Waals surface area contributed by atoms with Gasteiger partial charge in [0.25, 0.3) is 0 Å². The molecule has 6 aromatic rings. The first-order chi connectivity index (χ1) is 41.6. The molecular weight excluding hydrogens is 1040 g/mol. The van der Waals surface area contributed by atoms with Gasteiger partial charge in [0.15, 0.2) is 0 Å². The highest BCUT2D eigenvalue weighted by Gasteiger charge is 2.39. The number of ether oxygens (including phenoxy) is 8. The van der Waals surface area contributed by atoms with E-state index < -0.39 is 0 Å². The highest BCUT2D eigenvalue weighted by atomic mass is 16.7. The molecule has 0 spiro atoms. The number of pyridine rings is 2. The molecule has 4 aromatic carbocycles. The van der Waals surface area contributed by atoms with Crippen LogP contribution in [0.1, 0.15) is 272 Å². The molecule has 4 aliphatic heterocycles. The quantitative estimate of drug-likeness (QED) is 0.0430. The Balaban J connectivity index is 1.25. The molecule has 6 heterocycles.